The topological polar surface area (TPSA) is 112 Å². The summed E-state index contributed by atoms with van der Waals surface area (Å²) in [6, 6.07) is 10.5. The summed E-state index contributed by atoms with van der Waals surface area (Å²) in [5, 5.41) is 4.03. The number of hydrogen-bond acceptors (Lipinski definition) is 7. The molecule has 0 saturated heterocycles. The Hall–Kier alpha value is -3.88. The zero-order valence-electron chi connectivity index (χ0n) is 16.1. The fourth-order valence-corrected chi connectivity index (χ4v) is 3.12. The molecule has 0 fully saturated rings. The highest BCUT2D eigenvalue weighted by molar-refractivity contribution is 5.80. The number of ether oxygens (including phenoxy) is 2. The molecule has 29 heavy (non-hydrogen) atoms. The first-order valence-corrected chi connectivity index (χ1v) is 8.88. The maximum absolute atomic E-state index is 12.0. The van der Waals surface area contributed by atoms with E-state index in [-0.39, 0.29) is 0 Å². The van der Waals surface area contributed by atoms with Gasteiger partial charge in [0.05, 0.1) is 25.3 Å². The Balaban J connectivity index is 1.79. The van der Waals surface area contributed by atoms with Gasteiger partial charge in [-0.15, -0.1) is 0 Å². The van der Waals surface area contributed by atoms with Gasteiger partial charge in [0.1, 0.15) is 11.5 Å². The molecule has 148 valence electrons. The predicted molar refractivity (Wildman–Crippen MR) is 106 cm³/mol. The summed E-state index contributed by atoms with van der Waals surface area (Å²) >= 11 is 0. The zero-order chi connectivity index (χ0) is 20.5. The Bertz CT molecular complexity index is 1300. The predicted octanol–water partition coefficient (Wildman–Crippen LogP) is 2.44. The smallest absolute Gasteiger partial charge is 0.316 e. The third-order valence-corrected chi connectivity index (χ3v) is 4.57. The number of methoxy groups -OCH3 is 2. The monoisotopic (exact) mass is 394 g/mol. The van der Waals surface area contributed by atoms with E-state index >= 15 is 0 Å². The molecule has 2 aromatic carbocycles. The first kappa shape index (κ1) is 18.5. The van der Waals surface area contributed by atoms with Crippen LogP contribution >= 0.6 is 0 Å². The van der Waals surface area contributed by atoms with Crippen molar-refractivity contribution < 1.29 is 14.0 Å². The largest absolute Gasteiger partial charge is 0.497 e. The third-order valence-electron chi connectivity index (χ3n) is 4.57. The first-order chi connectivity index (χ1) is 14.0. The molecule has 9 heteroatoms. The van der Waals surface area contributed by atoms with Crippen LogP contribution in [-0.2, 0) is 6.54 Å². The van der Waals surface area contributed by atoms with Crippen molar-refractivity contribution >= 4 is 11.0 Å². The molecular weight excluding hydrogens is 376 g/mol. The number of rotatable bonds is 5. The molecule has 2 aromatic heterocycles. The van der Waals surface area contributed by atoms with E-state index in [1.54, 1.807) is 50.6 Å². The Morgan fingerprint density at radius 2 is 1.76 bits per heavy atom. The Morgan fingerprint density at radius 3 is 2.41 bits per heavy atom. The van der Waals surface area contributed by atoms with Crippen LogP contribution in [0, 0.1) is 0 Å². The van der Waals surface area contributed by atoms with E-state index in [2.05, 4.69) is 15.1 Å². The second-order valence-electron chi connectivity index (χ2n) is 6.26. The summed E-state index contributed by atoms with van der Waals surface area (Å²) in [4.78, 5) is 30.9. The van der Waals surface area contributed by atoms with E-state index in [0.717, 1.165) is 0 Å². The van der Waals surface area contributed by atoms with Crippen LogP contribution in [0.3, 0.4) is 0 Å². The molecule has 4 rings (SSSR count). The number of nitrogens with one attached hydrogen (secondary N) is 1. The number of fused-ring (bicyclic) bond motifs is 1. The van der Waals surface area contributed by atoms with Crippen LogP contribution in [0.1, 0.15) is 6.92 Å². The summed E-state index contributed by atoms with van der Waals surface area (Å²) in [5.74, 6) is 1.84. The molecule has 0 aliphatic rings. The molecule has 9 nitrogen and oxygen atoms in total. The highest BCUT2D eigenvalue weighted by Crippen LogP contribution is 2.30. The van der Waals surface area contributed by atoms with Crippen molar-refractivity contribution in [2.75, 3.05) is 14.2 Å². The molecule has 4 aromatic rings. The van der Waals surface area contributed by atoms with E-state index in [9.17, 15) is 9.59 Å². The van der Waals surface area contributed by atoms with Gasteiger partial charge in [-0.1, -0.05) is 5.16 Å². The van der Waals surface area contributed by atoms with Gasteiger partial charge in [0.2, 0.25) is 5.82 Å². The average molecular weight is 394 g/mol. The second kappa shape index (κ2) is 7.27. The molecule has 0 spiro atoms. The lowest BCUT2D eigenvalue weighted by Crippen LogP contribution is -2.35. The highest BCUT2D eigenvalue weighted by atomic mass is 16.5. The lowest BCUT2D eigenvalue weighted by Gasteiger charge is -2.07. The number of aromatic amines is 1. The van der Waals surface area contributed by atoms with Crippen LogP contribution in [0.2, 0.25) is 0 Å². The van der Waals surface area contributed by atoms with Crippen LogP contribution < -0.4 is 20.6 Å². The maximum atomic E-state index is 12.0. The Morgan fingerprint density at radius 1 is 1.03 bits per heavy atom. The normalized spacial score (nSPS) is 11.0. The lowest BCUT2D eigenvalue weighted by atomic mass is 10.1. The number of hydrogen-bond donors (Lipinski definition) is 1. The summed E-state index contributed by atoms with van der Waals surface area (Å²) in [5.41, 5.74) is 1.18. The second-order valence-corrected chi connectivity index (χ2v) is 6.26. The number of benzene rings is 2. The number of H-pyrrole nitrogens is 1. The van der Waals surface area contributed by atoms with Crippen LogP contribution in [-0.4, -0.2) is 33.9 Å². The highest BCUT2D eigenvalue weighted by Gasteiger charge is 2.15. The molecule has 0 amide bonds. The van der Waals surface area contributed by atoms with Crippen molar-refractivity contribution in [1.82, 2.24) is 19.7 Å². The minimum atomic E-state index is -0.672. The van der Waals surface area contributed by atoms with Gasteiger partial charge in [-0.05, 0) is 37.3 Å². The van der Waals surface area contributed by atoms with Crippen LogP contribution in [0.4, 0.5) is 0 Å². The summed E-state index contributed by atoms with van der Waals surface area (Å²) in [6.45, 7) is 2.20. The Labute approximate surface area is 164 Å². The van der Waals surface area contributed by atoms with E-state index in [0.29, 0.717) is 51.9 Å². The molecule has 0 bridgehead atoms. The van der Waals surface area contributed by atoms with Gasteiger partial charge in [-0.2, -0.15) is 4.98 Å². The van der Waals surface area contributed by atoms with Crippen molar-refractivity contribution in [1.29, 1.82) is 0 Å². The standard InChI is InChI=1S/C20H18N4O5/c1-4-24-16-6-5-11(9-15(16)21-18(25)20(24)26)17-22-19(29-23-17)12-7-13(27-2)10-14(8-12)28-3/h5-10H,4H2,1-3H3,(H,21,25). The fraction of sp³-hybridized carbons (Fsp3) is 0.200. The molecule has 0 radical (unpaired) electrons. The van der Waals surface area contributed by atoms with Gasteiger partial charge in [0.25, 0.3) is 5.89 Å². The third kappa shape index (κ3) is 3.27. The van der Waals surface area contributed by atoms with Crippen molar-refractivity contribution in [3.8, 4) is 34.3 Å². The first-order valence-electron chi connectivity index (χ1n) is 8.88. The maximum Gasteiger partial charge on any atom is 0.316 e. The number of nitrogens with zero attached hydrogens (tertiary/aromatic N) is 3. The van der Waals surface area contributed by atoms with Gasteiger partial charge in [-0.3, -0.25) is 9.59 Å². The quantitative estimate of drug-likeness (QED) is 0.517. The number of aryl methyl sites for hydroxylation is 1. The zero-order valence-corrected chi connectivity index (χ0v) is 16.1. The van der Waals surface area contributed by atoms with Crippen molar-refractivity contribution in [2.24, 2.45) is 0 Å². The van der Waals surface area contributed by atoms with Crippen molar-refractivity contribution in [3.05, 3.63) is 57.1 Å². The molecule has 1 N–H and O–H groups in total. The summed E-state index contributed by atoms with van der Waals surface area (Å²) < 4.78 is 17.4. The minimum absolute atomic E-state index is 0.296. The molecule has 2 heterocycles. The van der Waals surface area contributed by atoms with Crippen molar-refractivity contribution in [3.63, 3.8) is 0 Å². The van der Waals surface area contributed by atoms with Gasteiger partial charge in [0.15, 0.2) is 0 Å². The van der Waals surface area contributed by atoms with E-state index < -0.39 is 11.1 Å². The van der Waals surface area contributed by atoms with E-state index in [1.165, 1.54) is 4.57 Å². The average Bonchev–Trinajstić information content (AvgIpc) is 3.24. The molecule has 0 unspecified atom stereocenters. The fourth-order valence-electron chi connectivity index (χ4n) is 3.12. The molecule has 0 saturated carbocycles. The molecule has 0 aliphatic carbocycles. The Kier molecular flexibility index (Phi) is 4.63. The molecule has 0 atom stereocenters. The lowest BCUT2D eigenvalue weighted by molar-refractivity contribution is 0.393. The van der Waals surface area contributed by atoms with Crippen LogP contribution in [0.5, 0.6) is 11.5 Å². The van der Waals surface area contributed by atoms with Gasteiger partial charge < -0.3 is 23.5 Å². The minimum Gasteiger partial charge on any atom is -0.497 e. The van der Waals surface area contributed by atoms with Gasteiger partial charge in [0, 0.05) is 23.7 Å². The van der Waals surface area contributed by atoms with Crippen LogP contribution in [0.25, 0.3) is 33.9 Å². The SMILES string of the molecule is CCn1c(=O)c(=O)[nH]c2cc(-c3noc(-c4cc(OC)cc(OC)c4)n3)ccc21. The van der Waals surface area contributed by atoms with Gasteiger partial charge in [-0.25, -0.2) is 0 Å². The number of aromatic nitrogens is 4. The van der Waals surface area contributed by atoms with Crippen LogP contribution in [0.15, 0.2) is 50.5 Å². The summed E-state index contributed by atoms with van der Waals surface area (Å²) in [6.07, 6.45) is 0. The molecule has 0 aliphatic heterocycles. The van der Waals surface area contributed by atoms with E-state index in [1.807, 2.05) is 6.92 Å². The molecular formula is C20H18N4O5. The van der Waals surface area contributed by atoms with E-state index in [4.69, 9.17) is 14.0 Å². The van der Waals surface area contributed by atoms with Crippen molar-refractivity contribution in [2.45, 2.75) is 13.5 Å². The van der Waals surface area contributed by atoms with Gasteiger partial charge >= 0.3 is 11.1 Å². The summed E-state index contributed by atoms with van der Waals surface area (Å²) in [7, 11) is 3.12.